The van der Waals surface area contributed by atoms with Crippen LogP contribution < -0.4 is 5.32 Å². The minimum Gasteiger partial charge on any atom is -0.505 e. The smallest absolute Gasteiger partial charge is 0.271 e. The summed E-state index contributed by atoms with van der Waals surface area (Å²) >= 11 is 0. The van der Waals surface area contributed by atoms with Gasteiger partial charge in [-0.1, -0.05) is 30.3 Å². The maximum absolute atomic E-state index is 11.1. The number of nitro groups is 1. The summed E-state index contributed by atoms with van der Waals surface area (Å²) in [5, 5.41) is 26.2. The lowest BCUT2D eigenvalue weighted by atomic mass is 9.99. The average molecular weight is 386 g/mol. The standard InChI is InChI=1S/C22H18N4O3/c1-14-8-9-15-10-11-18(22(27)20(15)24-14)21(19-7-2-3-12-23-19)25-16-5-4-6-17(13-16)26(28)29/h2-13,21,25,27H,1H3. The van der Waals surface area contributed by atoms with Crippen molar-refractivity contribution in [1.29, 1.82) is 0 Å². The predicted octanol–water partition coefficient (Wildman–Crippen LogP) is 4.75. The number of nitrogens with one attached hydrogen (secondary N) is 1. The van der Waals surface area contributed by atoms with Gasteiger partial charge in [-0.2, -0.15) is 0 Å². The Morgan fingerprint density at radius 2 is 1.90 bits per heavy atom. The van der Waals surface area contributed by atoms with E-state index in [0.29, 0.717) is 22.5 Å². The highest BCUT2D eigenvalue weighted by atomic mass is 16.6. The van der Waals surface area contributed by atoms with Crippen LogP contribution in [0.5, 0.6) is 5.75 Å². The molecule has 0 aliphatic rings. The van der Waals surface area contributed by atoms with Crippen LogP contribution in [0.25, 0.3) is 10.9 Å². The van der Waals surface area contributed by atoms with E-state index in [4.69, 9.17) is 0 Å². The van der Waals surface area contributed by atoms with Crippen LogP contribution in [0.2, 0.25) is 0 Å². The summed E-state index contributed by atoms with van der Waals surface area (Å²) in [6, 6.07) is 18.7. The van der Waals surface area contributed by atoms with Crippen LogP contribution >= 0.6 is 0 Å². The molecule has 2 aromatic carbocycles. The van der Waals surface area contributed by atoms with Crippen molar-refractivity contribution < 1.29 is 10.0 Å². The first-order valence-corrected chi connectivity index (χ1v) is 9.04. The number of aromatic hydroxyl groups is 1. The monoisotopic (exact) mass is 386 g/mol. The summed E-state index contributed by atoms with van der Waals surface area (Å²) in [5.41, 5.74) is 3.08. The highest BCUT2D eigenvalue weighted by Crippen LogP contribution is 2.36. The van der Waals surface area contributed by atoms with E-state index in [1.807, 2.05) is 43.3 Å². The second-order valence-electron chi connectivity index (χ2n) is 6.67. The molecule has 0 saturated carbocycles. The number of aromatic nitrogens is 2. The number of pyridine rings is 2. The molecular weight excluding hydrogens is 368 g/mol. The Hall–Kier alpha value is -4.00. The van der Waals surface area contributed by atoms with Gasteiger partial charge in [0.2, 0.25) is 0 Å². The Morgan fingerprint density at radius 3 is 2.66 bits per heavy atom. The summed E-state index contributed by atoms with van der Waals surface area (Å²) in [6.07, 6.45) is 1.66. The Kier molecular flexibility index (Phi) is 4.78. The van der Waals surface area contributed by atoms with Crippen molar-refractivity contribution in [2.24, 2.45) is 0 Å². The van der Waals surface area contributed by atoms with Gasteiger partial charge in [0.25, 0.3) is 5.69 Å². The number of hydrogen-bond acceptors (Lipinski definition) is 6. The molecule has 2 aromatic heterocycles. The topological polar surface area (TPSA) is 101 Å². The Labute approximate surface area is 166 Å². The highest BCUT2D eigenvalue weighted by Gasteiger charge is 2.21. The van der Waals surface area contributed by atoms with Gasteiger partial charge in [0, 0.05) is 40.7 Å². The number of nitro benzene ring substituents is 1. The summed E-state index contributed by atoms with van der Waals surface area (Å²) in [5.74, 6) is 0.0554. The molecule has 0 fully saturated rings. The van der Waals surface area contributed by atoms with E-state index in [9.17, 15) is 15.2 Å². The van der Waals surface area contributed by atoms with Gasteiger partial charge in [0.15, 0.2) is 0 Å². The second kappa shape index (κ2) is 7.55. The maximum atomic E-state index is 11.1. The van der Waals surface area contributed by atoms with Gasteiger partial charge in [-0.25, -0.2) is 4.98 Å². The van der Waals surface area contributed by atoms with Gasteiger partial charge in [-0.05, 0) is 31.2 Å². The third kappa shape index (κ3) is 3.70. The first-order valence-electron chi connectivity index (χ1n) is 9.04. The van der Waals surface area contributed by atoms with Crippen molar-refractivity contribution in [2.75, 3.05) is 5.32 Å². The fourth-order valence-corrected chi connectivity index (χ4v) is 3.25. The summed E-state index contributed by atoms with van der Waals surface area (Å²) in [7, 11) is 0. The zero-order valence-electron chi connectivity index (χ0n) is 15.6. The zero-order chi connectivity index (χ0) is 20.4. The fourth-order valence-electron chi connectivity index (χ4n) is 3.25. The third-order valence-corrected chi connectivity index (χ3v) is 4.67. The summed E-state index contributed by atoms with van der Waals surface area (Å²) in [6.45, 7) is 1.86. The van der Waals surface area contributed by atoms with Crippen LogP contribution in [0, 0.1) is 17.0 Å². The average Bonchev–Trinajstić information content (AvgIpc) is 2.74. The third-order valence-electron chi connectivity index (χ3n) is 4.67. The number of rotatable bonds is 5. The Morgan fingerprint density at radius 1 is 1.07 bits per heavy atom. The van der Waals surface area contributed by atoms with Crippen molar-refractivity contribution in [3.8, 4) is 5.75 Å². The van der Waals surface area contributed by atoms with E-state index in [2.05, 4.69) is 15.3 Å². The normalized spacial score (nSPS) is 11.9. The lowest BCUT2D eigenvalue weighted by molar-refractivity contribution is -0.384. The van der Waals surface area contributed by atoms with Crippen LogP contribution in [0.4, 0.5) is 11.4 Å². The number of fused-ring (bicyclic) bond motifs is 1. The minimum absolute atomic E-state index is 0.0187. The lowest BCUT2D eigenvalue weighted by Gasteiger charge is -2.21. The van der Waals surface area contributed by atoms with E-state index in [1.54, 1.807) is 24.4 Å². The summed E-state index contributed by atoms with van der Waals surface area (Å²) in [4.78, 5) is 19.6. The Bertz CT molecular complexity index is 1200. The van der Waals surface area contributed by atoms with Crippen molar-refractivity contribution in [2.45, 2.75) is 13.0 Å². The molecule has 0 aliphatic heterocycles. The fraction of sp³-hybridized carbons (Fsp3) is 0.0909. The van der Waals surface area contributed by atoms with E-state index < -0.39 is 11.0 Å². The molecule has 1 atom stereocenters. The largest absolute Gasteiger partial charge is 0.505 e. The van der Waals surface area contributed by atoms with Crippen LogP contribution in [-0.4, -0.2) is 20.0 Å². The minimum atomic E-state index is -0.523. The highest BCUT2D eigenvalue weighted by molar-refractivity contribution is 5.86. The molecule has 0 spiro atoms. The molecule has 0 radical (unpaired) electrons. The first-order chi connectivity index (χ1) is 14.0. The van der Waals surface area contributed by atoms with Gasteiger partial charge in [0.1, 0.15) is 11.3 Å². The molecule has 2 N–H and O–H groups in total. The number of benzene rings is 2. The quantitative estimate of drug-likeness (QED) is 0.379. The molecule has 0 aliphatic carbocycles. The molecule has 0 bridgehead atoms. The van der Waals surface area contributed by atoms with Crippen molar-refractivity contribution in [3.63, 3.8) is 0 Å². The molecular formula is C22H18N4O3. The number of hydrogen-bond donors (Lipinski definition) is 2. The Balaban J connectivity index is 1.84. The molecule has 0 saturated heterocycles. The number of phenols is 1. The zero-order valence-corrected chi connectivity index (χ0v) is 15.6. The first kappa shape index (κ1) is 18.4. The van der Waals surface area contributed by atoms with E-state index in [1.165, 1.54) is 12.1 Å². The van der Waals surface area contributed by atoms with E-state index >= 15 is 0 Å². The van der Waals surface area contributed by atoms with Crippen molar-refractivity contribution >= 4 is 22.3 Å². The van der Waals surface area contributed by atoms with Gasteiger partial charge >= 0.3 is 0 Å². The molecule has 4 rings (SSSR count). The van der Waals surface area contributed by atoms with Crippen LogP contribution in [0.1, 0.15) is 23.0 Å². The van der Waals surface area contributed by atoms with Crippen LogP contribution in [-0.2, 0) is 0 Å². The molecule has 7 heteroatoms. The number of non-ortho nitro benzene ring substituents is 1. The number of anilines is 1. The van der Waals surface area contributed by atoms with Crippen molar-refractivity contribution in [1.82, 2.24) is 9.97 Å². The van der Waals surface area contributed by atoms with Crippen molar-refractivity contribution in [3.05, 3.63) is 100.0 Å². The van der Waals surface area contributed by atoms with E-state index in [-0.39, 0.29) is 11.4 Å². The summed E-state index contributed by atoms with van der Waals surface area (Å²) < 4.78 is 0. The number of aryl methyl sites for hydroxylation is 1. The van der Waals surface area contributed by atoms with Gasteiger partial charge in [-0.15, -0.1) is 0 Å². The second-order valence-corrected chi connectivity index (χ2v) is 6.67. The molecule has 29 heavy (non-hydrogen) atoms. The molecule has 4 aromatic rings. The number of nitrogens with zero attached hydrogens (tertiary/aromatic N) is 3. The lowest BCUT2D eigenvalue weighted by Crippen LogP contribution is -2.14. The maximum Gasteiger partial charge on any atom is 0.271 e. The molecule has 1 unspecified atom stereocenters. The predicted molar refractivity (Wildman–Crippen MR) is 111 cm³/mol. The molecule has 144 valence electrons. The van der Waals surface area contributed by atoms with E-state index in [0.717, 1.165) is 11.1 Å². The van der Waals surface area contributed by atoms with Crippen LogP contribution in [0.3, 0.4) is 0 Å². The molecule has 0 amide bonds. The van der Waals surface area contributed by atoms with Gasteiger partial charge < -0.3 is 10.4 Å². The molecule has 7 nitrogen and oxygen atoms in total. The van der Waals surface area contributed by atoms with Gasteiger partial charge in [0.05, 0.1) is 16.7 Å². The van der Waals surface area contributed by atoms with Crippen LogP contribution in [0.15, 0.2) is 72.9 Å². The number of phenolic OH excluding ortho intramolecular Hbond substituents is 1. The SMILES string of the molecule is Cc1ccc2ccc(C(Nc3cccc([N+](=O)[O-])c3)c3ccccn3)c(O)c2n1. The molecule has 2 heterocycles. The van der Waals surface area contributed by atoms with Gasteiger partial charge in [-0.3, -0.25) is 15.1 Å².